The van der Waals surface area contributed by atoms with Crippen molar-refractivity contribution in [2.45, 2.75) is 37.6 Å². The van der Waals surface area contributed by atoms with Crippen LogP contribution in [0, 0.1) is 0 Å². The summed E-state index contributed by atoms with van der Waals surface area (Å²) < 4.78 is 26.4. The average Bonchev–Trinajstić information content (AvgIpc) is 3.22. The Morgan fingerprint density at radius 2 is 1.79 bits per heavy atom. The van der Waals surface area contributed by atoms with Gasteiger partial charge in [0.15, 0.2) is 0 Å². The second-order valence-electron chi connectivity index (χ2n) is 7.16. The molecule has 0 saturated carbocycles. The van der Waals surface area contributed by atoms with Crippen molar-refractivity contribution in [3.63, 3.8) is 0 Å². The molecule has 150 valence electrons. The summed E-state index contributed by atoms with van der Waals surface area (Å²) in [6.45, 7) is 5.43. The van der Waals surface area contributed by atoms with Gasteiger partial charge in [0.25, 0.3) is 5.91 Å². The Morgan fingerprint density at radius 1 is 1.14 bits per heavy atom. The van der Waals surface area contributed by atoms with E-state index in [-0.39, 0.29) is 16.8 Å². The van der Waals surface area contributed by atoms with E-state index in [2.05, 4.69) is 15.2 Å². The molecule has 1 amide bonds. The predicted octanol–water partition coefficient (Wildman–Crippen LogP) is 2.96. The maximum Gasteiger partial charge on any atom is 0.259 e. The lowest BCUT2D eigenvalue weighted by atomic mass is 10.2. The number of anilines is 2. The molecule has 3 rings (SSSR count). The molecule has 0 radical (unpaired) electrons. The van der Waals surface area contributed by atoms with Gasteiger partial charge in [-0.3, -0.25) is 4.79 Å². The summed E-state index contributed by atoms with van der Waals surface area (Å²) >= 11 is 0. The van der Waals surface area contributed by atoms with Gasteiger partial charge in [0.1, 0.15) is 5.82 Å². The molecule has 1 saturated heterocycles. The number of amides is 1. The van der Waals surface area contributed by atoms with E-state index in [0.717, 1.165) is 25.9 Å². The van der Waals surface area contributed by atoms with E-state index < -0.39 is 10.0 Å². The van der Waals surface area contributed by atoms with E-state index in [1.165, 1.54) is 16.4 Å². The molecule has 0 unspecified atom stereocenters. The Bertz CT molecular complexity index is 936. The second-order valence-corrected chi connectivity index (χ2v) is 9.16. The summed E-state index contributed by atoms with van der Waals surface area (Å²) in [5.41, 5.74) is 1.05. The van der Waals surface area contributed by atoms with Crippen molar-refractivity contribution in [2.24, 2.45) is 0 Å². The number of carbonyl (C=O) groups is 1. The van der Waals surface area contributed by atoms with E-state index in [1.807, 2.05) is 13.8 Å². The van der Waals surface area contributed by atoms with Gasteiger partial charge in [-0.2, -0.15) is 4.31 Å². The molecule has 1 N–H and O–H groups in total. The van der Waals surface area contributed by atoms with Crippen molar-refractivity contribution in [3.05, 3.63) is 48.2 Å². The van der Waals surface area contributed by atoms with Crippen molar-refractivity contribution in [3.8, 4) is 0 Å². The van der Waals surface area contributed by atoms with Gasteiger partial charge in [-0.05, 0) is 63.1 Å². The first-order valence-electron chi connectivity index (χ1n) is 9.40. The van der Waals surface area contributed by atoms with Gasteiger partial charge in [0.05, 0.1) is 10.5 Å². The highest BCUT2D eigenvalue weighted by Gasteiger charge is 2.23. The first-order chi connectivity index (χ1) is 13.3. The minimum atomic E-state index is -3.55. The highest BCUT2D eigenvalue weighted by atomic mass is 32.2. The lowest BCUT2D eigenvalue weighted by Crippen LogP contribution is -2.33. The standard InChI is InChI=1S/C20H26N4O3S/c1-15(2)23(3)28(26,27)17-10-8-16(9-11-17)22-20(25)18-7-6-12-21-19(18)24-13-4-5-14-24/h6-12,15H,4-5,13-14H2,1-3H3,(H,22,25). The van der Waals surface area contributed by atoms with Crippen LogP contribution in [0.2, 0.25) is 0 Å². The van der Waals surface area contributed by atoms with Crippen molar-refractivity contribution in [1.29, 1.82) is 0 Å². The molecule has 2 heterocycles. The largest absolute Gasteiger partial charge is 0.356 e. The average molecular weight is 403 g/mol. The number of nitrogens with one attached hydrogen (secondary N) is 1. The second kappa shape index (κ2) is 8.28. The normalized spacial score (nSPS) is 14.7. The van der Waals surface area contributed by atoms with E-state index in [0.29, 0.717) is 17.1 Å². The zero-order chi connectivity index (χ0) is 20.3. The predicted molar refractivity (Wildman–Crippen MR) is 110 cm³/mol. The number of aromatic nitrogens is 1. The first kappa shape index (κ1) is 20.3. The number of hydrogen-bond acceptors (Lipinski definition) is 5. The minimum Gasteiger partial charge on any atom is -0.356 e. The molecule has 1 fully saturated rings. The van der Waals surface area contributed by atoms with Gasteiger partial charge in [0.2, 0.25) is 10.0 Å². The lowest BCUT2D eigenvalue weighted by molar-refractivity contribution is 0.102. The van der Waals surface area contributed by atoms with E-state index in [1.54, 1.807) is 37.5 Å². The molecule has 8 heteroatoms. The van der Waals surface area contributed by atoms with Crippen LogP contribution < -0.4 is 10.2 Å². The lowest BCUT2D eigenvalue weighted by Gasteiger charge is -2.21. The molecule has 0 aliphatic carbocycles. The van der Waals surface area contributed by atoms with Gasteiger partial charge in [-0.1, -0.05) is 0 Å². The maximum atomic E-state index is 12.8. The summed E-state index contributed by atoms with van der Waals surface area (Å²) in [6, 6.07) is 9.58. The quantitative estimate of drug-likeness (QED) is 0.803. The van der Waals surface area contributed by atoms with Crippen LogP contribution in [0.4, 0.5) is 11.5 Å². The molecule has 1 aliphatic rings. The van der Waals surface area contributed by atoms with Gasteiger partial charge in [0, 0.05) is 38.1 Å². The van der Waals surface area contributed by atoms with Crippen LogP contribution in [-0.2, 0) is 10.0 Å². The van der Waals surface area contributed by atoms with Crippen LogP contribution in [0.25, 0.3) is 0 Å². The third-order valence-electron chi connectivity index (χ3n) is 4.95. The SMILES string of the molecule is CC(C)N(C)S(=O)(=O)c1ccc(NC(=O)c2cccnc2N2CCCC2)cc1. The van der Waals surface area contributed by atoms with Gasteiger partial charge in [-0.25, -0.2) is 13.4 Å². The monoisotopic (exact) mass is 402 g/mol. The van der Waals surface area contributed by atoms with Gasteiger partial charge >= 0.3 is 0 Å². The molecule has 0 bridgehead atoms. The Hall–Kier alpha value is -2.45. The fourth-order valence-corrected chi connectivity index (χ4v) is 4.48. The number of pyridine rings is 1. The Labute approximate surface area is 166 Å². The van der Waals surface area contributed by atoms with Crippen molar-refractivity contribution in [2.75, 3.05) is 30.4 Å². The molecule has 1 aliphatic heterocycles. The van der Waals surface area contributed by atoms with Crippen LogP contribution in [0.3, 0.4) is 0 Å². The number of benzene rings is 1. The third-order valence-corrected chi connectivity index (χ3v) is 7.00. The Kier molecular flexibility index (Phi) is 6.00. The summed E-state index contributed by atoms with van der Waals surface area (Å²) in [4.78, 5) is 19.5. The topological polar surface area (TPSA) is 82.6 Å². The minimum absolute atomic E-state index is 0.140. The molecule has 2 aromatic rings. The molecule has 0 atom stereocenters. The number of carbonyl (C=O) groups excluding carboxylic acids is 1. The van der Waals surface area contributed by atoms with Gasteiger partial charge in [-0.15, -0.1) is 0 Å². The van der Waals surface area contributed by atoms with Crippen LogP contribution in [0.15, 0.2) is 47.5 Å². The van der Waals surface area contributed by atoms with E-state index >= 15 is 0 Å². The van der Waals surface area contributed by atoms with Gasteiger partial charge < -0.3 is 10.2 Å². The van der Waals surface area contributed by atoms with Crippen molar-refractivity contribution >= 4 is 27.4 Å². The van der Waals surface area contributed by atoms with Crippen LogP contribution in [0.1, 0.15) is 37.0 Å². The number of nitrogens with zero attached hydrogens (tertiary/aromatic N) is 3. The fraction of sp³-hybridized carbons (Fsp3) is 0.400. The van der Waals surface area contributed by atoms with Crippen molar-refractivity contribution < 1.29 is 13.2 Å². The molecular formula is C20H26N4O3S. The fourth-order valence-electron chi connectivity index (χ4n) is 3.11. The zero-order valence-corrected chi connectivity index (χ0v) is 17.2. The highest BCUT2D eigenvalue weighted by Crippen LogP contribution is 2.24. The molecule has 1 aromatic heterocycles. The summed E-state index contributed by atoms with van der Waals surface area (Å²) in [5, 5.41) is 2.84. The van der Waals surface area contributed by atoms with E-state index in [9.17, 15) is 13.2 Å². The zero-order valence-electron chi connectivity index (χ0n) is 16.4. The van der Waals surface area contributed by atoms with E-state index in [4.69, 9.17) is 0 Å². The maximum absolute atomic E-state index is 12.8. The Morgan fingerprint density at radius 3 is 2.39 bits per heavy atom. The number of hydrogen-bond donors (Lipinski definition) is 1. The summed E-state index contributed by atoms with van der Waals surface area (Å²) in [5.74, 6) is 0.431. The molecule has 28 heavy (non-hydrogen) atoms. The molecule has 7 nitrogen and oxygen atoms in total. The summed E-state index contributed by atoms with van der Waals surface area (Å²) in [7, 11) is -2.00. The smallest absolute Gasteiger partial charge is 0.259 e. The van der Waals surface area contributed by atoms with Crippen LogP contribution in [-0.4, -0.2) is 49.8 Å². The van der Waals surface area contributed by atoms with Crippen LogP contribution >= 0.6 is 0 Å². The van der Waals surface area contributed by atoms with Crippen LogP contribution in [0.5, 0.6) is 0 Å². The summed E-state index contributed by atoms with van der Waals surface area (Å²) in [6.07, 6.45) is 3.88. The molecular weight excluding hydrogens is 376 g/mol. The third kappa shape index (κ3) is 4.18. The highest BCUT2D eigenvalue weighted by molar-refractivity contribution is 7.89. The Balaban J connectivity index is 1.77. The first-order valence-corrected chi connectivity index (χ1v) is 10.8. The molecule has 0 spiro atoms. The molecule has 1 aromatic carbocycles. The number of sulfonamides is 1. The number of rotatable bonds is 6. The van der Waals surface area contributed by atoms with Crippen molar-refractivity contribution in [1.82, 2.24) is 9.29 Å².